The summed E-state index contributed by atoms with van der Waals surface area (Å²) in [6, 6.07) is 14.8. The van der Waals surface area contributed by atoms with Crippen LogP contribution in [-0.2, 0) is 12.8 Å². The maximum Gasteiger partial charge on any atom is 0.190 e. The highest BCUT2D eigenvalue weighted by Gasteiger charge is 2.02. The maximum absolute atomic E-state index is 13.6. The zero-order valence-electron chi connectivity index (χ0n) is 14.2. The van der Waals surface area contributed by atoms with Gasteiger partial charge in [-0.25, -0.2) is 4.39 Å². The minimum Gasteiger partial charge on any atom is -0.497 e. The number of guanidine groups is 1. The Bertz CT molecular complexity index is 656. The predicted molar refractivity (Wildman–Crippen MR) is 96.2 cm³/mol. The third-order valence-electron chi connectivity index (χ3n) is 3.73. The number of benzene rings is 2. The van der Waals surface area contributed by atoms with Crippen LogP contribution in [0.15, 0.2) is 53.5 Å². The molecule has 0 amide bonds. The lowest BCUT2D eigenvalue weighted by atomic mass is 10.1. The number of nitrogens with zero attached hydrogens (tertiary/aromatic N) is 1. The fraction of sp³-hybridized carbons (Fsp3) is 0.316. The van der Waals surface area contributed by atoms with Crippen LogP contribution in [0.3, 0.4) is 0 Å². The molecule has 2 aromatic carbocycles. The number of hydrogen-bond donors (Lipinski definition) is 2. The lowest BCUT2D eigenvalue weighted by Gasteiger charge is -2.12. The van der Waals surface area contributed by atoms with Gasteiger partial charge in [0.1, 0.15) is 11.6 Å². The molecule has 0 atom stereocenters. The van der Waals surface area contributed by atoms with E-state index in [0.29, 0.717) is 18.5 Å². The first-order valence-corrected chi connectivity index (χ1v) is 8.04. The Morgan fingerprint density at radius 3 is 2.29 bits per heavy atom. The summed E-state index contributed by atoms with van der Waals surface area (Å²) in [5.41, 5.74) is 1.93. The molecule has 2 N–H and O–H groups in total. The quantitative estimate of drug-likeness (QED) is 0.606. The van der Waals surface area contributed by atoms with Gasteiger partial charge in [-0.3, -0.25) is 4.99 Å². The smallest absolute Gasteiger partial charge is 0.190 e. The first-order chi connectivity index (χ1) is 11.7. The molecule has 0 aromatic heterocycles. The summed E-state index contributed by atoms with van der Waals surface area (Å²) in [6.07, 6.45) is 1.50. The van der Waals surface area contributed by atoms with E-state index in [4.69, 9.17) is 4.74 Å². The summed E-state index contributed by atoms with van der Waals surface area (Å²) in [5.74, 6) is 1.42. The van der Waals surface area contributed by atoms with Gasteiger partial charge in [0.2, 0.25) is 0 Å². The second-order valence-electron chi connectivity index (χ2n) is 5.37. The third kappa shape index (κ3) is 5.57. The number of methoxy groups -OCH3 is 1. The monoisotopic (exact) mass is 329 g/mol. The molecule has 0 saturated heterocycles. The fourth-order valence-electron chi connectivity index (χ4n) is 2.35. The lowest BCUT2D eigenvalue weighted by molar-refractivity contribution is 0.414. The van der Waals surface area contributed by atoms with Crippen molar-refractivity contribution >= 4 is 5.96 Å². The average Bonchev–Trinajstić information content (AvgIpc) is 2.62. The first kappa shape index (κ1) is 17.8. The zero-order chi connectivity index (χ0) is 17.2. The summed E-state index contributed by atoms with van der Waals surface area (Å²) < 4.78 is 18.7. The Kier molecular flexibility index (Phi) is 7.08. The van der Waals surface area contributed by atoms with Crippen molar-refractivity contribution in [3.8, 4) is 5.75 Å². The molecular weight excluding hydrogens is 305 g/mol. The third-order valence-corrected chi connectivity index (χ3v) is 3.73. The summed E-state index contributed by atoms with van der Waals surface area (Å²) in [6.45, 7) is 1.40. The molecule has 128 valence electrons. The molecule has 2 aromatic rings. The van der Waals surface area contributed by atoms with Crippen molar-refractivity contribution in [3.63, 3.8) is 0 Å². The Morgan fingerprint density at radius 1 is 1.00 bits per heavy atom. The number of nitrogens with one attached hydrogen (secondary N) is 2. The van der Waals surface area contributed by atoms with Gasteiger partial charge in [0.25, 0.3) is 0 Å². The minimum absolute atomic E-state index is 0.165. The second-order valence-corrected chi connectivity index (χ2v) is 5.37. The standard InChI is InChI=1S/C19H24FN3O/c1-21-19(23-14-12-16-5-3-4-6-18(16)20)22-13-11-15-7-9-17(24-2)10-8-15/h3-10H,11-14H2,1-2H3,(H2,21,22,23). The van der Waals surface area contributed by atoms with Gasteiger partial charge in [-0.1, -0.05) is 30.3 Å². The molecule has 24 heavy (non-hydrogen) atoms. The Labute approximate surface area is 142 Å². The van der Waals surface area contributed by atoms with Gasteiger partial charge < -0.3 is 15.4 Å². The van der Waals surface area contributed by atoms with Gasteiger partial charge in [-0.15, -0.1) is 0 Å². The Morgan fingerprint density at radius 2 is 1.67 bits per heavy atom. The van der Waals surface area contributed by atoms with Crippen LogP contribution in [0.5, 0.6) is 5.75 Å². The fourth-order valence-corrected chi connectivity index (χ4v) is 2.35. The van der Waals surface area contributed by atoms with Gasteiger partial charge >= 0.3 is 0 Å². The molecule has 0 unspecified atom stereocenters. The van der Waals surface area contributed by atoms with Crippen LogP contribution in [0.4, 0.5) is 4.39 Å². The highest BCUT2D eigenvalue weighted by molar-refractivity contribution is 5.79. The lowest BCUT2D eigenvalue weighted by Crippen LogP contribution is -2.39. The molecule has 0 saturated carbocycles. The topological polar surface area (TPSA) is 45.7 Å². The van der Waals surface area contributed by atoms with Gasteiger partial charge in [0.15, 0.2) is 5.96 Å². The molecule has 0 fully saturated rings. The second kappa shape index (κ2) is 9.55. The van der Waals surface area contributed by atoms with Crippen molar-refractivity contribution in [3.05, 3.63) is 65.5 Å². The number of hydrogen-bond acceptors (Lipinski definition) is 2. The van der Waals surface area contributed by atoms with Crippen molar-refractivity contribution < 1.29 is 9.13 Å². The minimum atomic E-state index is -0.165. The normalized spacial score (nSPS) is 11.2. The SMILES string of the molecule is CN=C(NCCc1ccc(OC)cc1)NCCc1ccccc1F. The van der Waals surface area contributed by atoms with Crippen LogP contribution in [0.1, 0.15) is 11.1 Å². The largest absolute Gasteiger partial charge is 0.497 e. The van der Waals surface area contributed by atoms with Crippen molar-refractivity contribution in [1.82, 2.24) is 10.6 Å². The van der Waals surface area contributed by atoms with Crippen LogP contribution in [0.2, 0.25) is 0 Å². The molecule has 0 aliphatic heterocycles. The Hall–Kier alpha value is -2.56. The molecule has 5 heteroatoms. The molecule has 0 radical (unpaired) electrons. The van der Waals surface area contributed by atoms with E-state index >= 15 is 0 Å². The molecule has 2 rings (SSSR count). The van der Waals surface area contributed by atoms with Crippen molar-refractivity contribution in [1.29, 1.82) is 0 Å². The van der Waals surface area contributed by atoms with Crippen LogP contribution in [0.25, 0.3) is 0 Å². The van der Waals surface area contributed by atoms with E-state index in [0.717, 1.165) is 24.7 Å². The molecule has 4 nitrogen and oxygen atoms in total. The van der Waals surface area contributed by atoms with Crippen LogP contribution < -0.4 is 15.4 Å². The molecular formula is C19H24FN3O. The highest BCUT2D eigenvalue weighted by Crippen LogP contribution is 2.11. The number of ether oxygens (including phenoxy) is 1. The van der Waals surface area contributed by atoms with E-state index in [1.807, 2.05) is 18.2 Å². The summed E-state index contributed by atoms with van der Waals surface area (Å²) in [7, 11) is 3.39. The number of aliphatic imine (C=N–C) groups is 1. The summed E-state index contributed by atoms with van der Waals surface area (Å²) in [4.78, 5) is 4.18. The van der Waals surface area contributed by atoms with Crippen molar-refractivity contribution in [2.45, 2.75) is 12.8 Å². The molecule has 0 bridgehead atoms. The number of rotatable bonds is 7. The van der Waals surface area contributed by atoms with Crippen molar-refractivity contribution in [2.24, 2.45) is 4.99 Å². The summed E-state index contributed by atoms with van der Waals surface area (Å²) >= 11 is 0. The Balaban J connectivity index is 1.71. The predicted octanol–water partition coefficient (Wildman–Crippen LogP) is 2.78. The average molecular weight is 329 g/mol. The highest BCUT2D eigenvalue weighted by atomic mass is 19.1. The van der Waals surface area contributed by atoms with Crippen molar-refractivity contribution in [2.75, 3.05) is 27.2 Å². The number of halogens is 1. The van der Waals surface area contributed by atoms with Gasteiger partial charge in [0.05, 0.1) is 7.11 Å². The van der Waals surface area contributed by atoms with E-state index in [1.54, 1.807) is 26.3 Å². The van der Waals surface area contributed by atoms with E-state index in [9.17, 15) is 4.39 Å². The molecule has 0 spiro atoms. The summed E-state index contributed by atoms with van der Waals surface area (Å²) in [5, 5.41) is 6.46. The van der Waals surface area contributed by atoms with Gasteiger partial charge in [-0.2, -0.15) is 0 Å². The molecule has 0 heterocycles. The van der Waals surface area contributed by atoms with E-state index < -0.39 is 0 Å². The van der Waals surface area contributed by atoms with E-state index in [-0.39, 0.29) is 5.82 Å². The van der Waals surface area contributed by atoms with Crippen LogP contribution >= 0.6 is 0 Å². The van der Waals surface area contributed by atoms with E-state index in [2.05, 4.69) is 27.8 Å². The van der Waals surface area contributed by atoms with E-state index in [1.165, 1.54) is 11.6 Å². The zero-order valence-corrected chi connectivity index (χ0v) is 14.2. The molecule has 0 aliphatic rings. The first-order valence-electron chi connectivity index (χ1n) is 8.04. The maximum atomic E-state index is 13.6. The molecule has 0 aliphatic carbocycles. The van der Waals surface area contributed by atoms with Crippen LogP contribution in [-0.4, -0.2) is 33.2 Å². The van der Waals surface area contributed by atoms with Gasteiger partial charge in [-0.05, 0) is 42.2 Å². The van der Waals surface area contributed by atoms with Gasteiger partial charge in [0, 0.05) is 20.1 Å². The van der Waals surface area contributed by atoms with Crippen LogP contribution in [0, 0.1) is 5.82 Å².